The SMILES string of the molecule is O=S(=O)(c1ccc(Cl)cc1)C1CN(S(=O)(=O)c2ccc(C(F)(F)F)cc2)C1. The van der Waals surface area contributed by atoms with Crippen molar-refractivity contribution in [1.82, 2.24) is 4.31 Å². The summed E-state index contributed by atoms with van der Waals surface area (Å²) in [4.78, 5) is -0.290. The molecule has 0 unspecified atom stereocenters. The zero-order valence-electron chi connectivity index (χ0n) is 13.5. The van der Waals surface area contributed by atoms with Gasteiger partial charge in [0, 0.05) is 18.1 Å². The second-order valence-corrected chi connectivity index (χ2v) is 10.6. The van der Waals surface area contributed by atoms with Crippen LogP contribution in [0.1, 0.15) is 5.56 Å². The third-order valence-electron chi connectivity index (χ3n) is 4.21. The Morgan fingerprint density at radius 1 is 0.852 bits per heavy atom. The number of hydrogen-bond donors (Lipinski definition) is 0. The highest BCUT2D eigenvalue weighted by molar-refractivity contribution is 7.92. The van der Waals surface area contributed by atoms with Gasteiger partial charge in [0.05, 0.1) is 20.6 Å². The predicted molar refractivity (Wildman–Crippen MR) is 92.6 cm³/mol. The monoisotopic (exact) mass is 439 g/mol. The van der Waals surface area contributed by atoms with Crippen LogP contribution in [0.15, 0.2) is 58.3 Å². The molecule has 1 heterocycles. The third kappa shape index (κ3) is 3.84. The minimum absolute atomic E-state index is 0.0310. The summed E-state index contributed by atoms with van der Waals surface area (Å²) >= 11 is 5.73. The third-order valence-corrected chi connectivity index (χ3v) is 8.42. The number of sulfonamides is 1. The molecule has 0 bridgehead atoms. The zero-order valence-corrected chi connectivity index (χ0v) is 15.9. The molecule has 0 N–H and O–H groups in total. The maximum atomic E-state index is 12.6. The summed E-state index contributed by atoms with van der Waals surface area (Å²) in [6, 6.07) is 8.59. The van der Waals surface area contributed by atoms with Crippen molar-refractivity contribution in [1.29, 1.82) is 0 Å². The molecule has 11 heteroatoms. The number of alkyl halides is 3. The minimum atomic E-state index is -4.57. The molecule has 27 heavy (non-hydrogen) atoms. The Morgan fingerprint density at radius 2 is 1.33 bits per heavy atom. The lowest BCUT2D eigenvalue weighted by Gasteiger charge is -2.37. The van der Waals surface area contributed by atoms with Crippen molar-refractivity contribution in [2.24, 2.45) is 0 Å². The summed E-state index contributed by atoms with van der Waals surface area (Å²) in [6.45, 7) is -0.539. The van der Waals surface area contributed by atoms with Crippen LogP contribution >= 0.6 is 11.6 Å². The molecule has 3 rings (SSSR count). The Bertz CT molecular complexity index is 1040. The van der Waals surface area contributed by atoms with Gasteiger partial charge in [0.2, 0.25) is 10.0 Å². The van der Waals surface area contributed by atoms with E-state index in [0.717, 1.165) is 16.4 Å². The Balaban J connectivity index is 1.75. The van der Waals surface area contributed by atoms with Crippen molar-refractivity contribution in [2.45, 2.75) is 21.2 Å². The summed E-state index contributed by atoms with van der Waals surface area (Å²) < 4.78 is 88.6. The number of nitrogens with zero attached hydrogens (tertiary/aromatic N) is 1. The van der Waals surface area contributed by atoms with Gasteiger partial charge in [-0.15, -0.1) is 0 Å². The molecule has 0 amide bonds. The standard InChI is InChI=1S/C16H13ClF3NO4S2/c17-12-3-7-13(8-4-12)26(22,23)15-9-21(10-15)27(24,25)14-5-1-11(2-6-14)16(18,19)20/h1-8,15H,9-10H2. The van der Waals surface area contributed by atoms with Crippen LogP contribution in [0.4, 0.5) is 13.2 Å². The Hall–Kier alpha value is -1.62. The summed E-state index contributed by atoms with van der Waals surface area (Å²) in [6.07, 6.45) is -4.57. The fourth-order valence-electron chi connectivity index (χ4n) is 2.57. The van der Waals surface area contributed by atoms with Crippen LogP contribution in [0.3, 0.4) is 0 Å². The Morgan fingerprint density at radius 3 is 1.81 bits per heavy atom. The van der Waals surface area contributed by atoms with Crippen molar-refractivity contribution in [3.63, 3.8) is 0 Å². The van der Waals surface area contributed by atoms with Crippen molar-refractivity contribution >= 4 is 31.5 Å². The highest BCUT2D eigenvalue weighted by Gasteiger charge is 2.44. The molecule has 1 fully saturated rings. The van der Waals surface area contributed by atoms with Gasteiger partial charge < -0.3 is 0 Å². The number of halogens is 4. The number of sulfone groups is 1. The van der Waals surface area contributed by atoms with Gasteiger partial charge in [-0.3, -0.25) is 0 Å². The molecule has 2 aromatic carbocycles. The maximum Gasteiger partial charge on any atom is 0.416 e. The fourth-order valence-corrected chi connectivity index (χ4v) is 6.07. The van der Waals surface area contributed by atoms with Gasteiger partial charge in [-0.1, -0.05) is 11.6 Å². The minimum Gasteiger partial charge on any atom is -0.223 e. The van der Waals surface area contributed by atoms with E-state index in [9.17, 15) is 30.0 Å². The van der Waals surface area contributed by atoms with E-state index in [0.29, 0.717) is 17.2 Å². The zero-order chi connectivity index (χ0) is 20.0. The van der Waals surface area contributed by atoms with Crippen molar-refractivity contribution < 1.29 is 30.0 Å². The molecule has 0 aromatic heterocycles. The van der Waals surface area contributed by atoms with Crippen LogP contribution in [0, 0.1) is 0 Å². The summed E-state index contributed by atoms with van der Waals surface area (Å²) in [5.41, 5.74) is -0.965. The van der Waals surface area contributed by atoms with Crippen molar-refractivity contribution in [3.8, 4) is 0 Å². The number of hydrogen-bond acceptors (Lipinski definition) is 4. The van der Waals surface area contributed by atoms with Crippen LogP contribution in [-0.2, 0) is 26.0 Å². The molecule has 0 radical (unpaired) electrons. The van der Waals surface area contributed by atoms with E-state index in [2.05, 4.69) is 0 Å². The molecule has 0 atom stereocenters. The van der Waals surface area contributed by atoms with E-state index in [4.69, 9.17) is 11.6 Å². The number of benzene rings is 2. The second kappa shape index (κ2) is 6.77. The lowest BCUT2D eigenvalue weighted by molar-refractivity contribution is -0.137. The van der Waals surface area contributed by atoms with Crippen LogP contribution in [0.5, 0.6) is 0 Å². The molecule has 0 aliphatic carbocycles. The van der Waals surface area contributed by atoms with Gasteiger partial charge in [-0.2, -0.15) is 17.5 Å². The number of rotatable bonds is 4. The van der Waals surface area contributed by atoms with Crippen LogP contribution < -0.4 is 0 Å². The first-order valence-electron chi connectivity index (χ1n) is 7.59. The van der Waals surface area contributed by atoms with Gasteiger partial charge in [0.25, 0.3) is 0 Å². The Kier molecular flexibility index (Phi) is 5.04. The average Bonchev–Trinajstić information content (AvgIpc) is 2.52. The quantitative estimate of drug-likeness (QED) is 0.733. The molecular formula is C16H13ClF3NO4S2. The van der Waals surface area contributed by atoms with Gasteiger partial charge in [-0.05, 0) is 48.5 Å². The Labute approximate surface area is 159 Å². The molecule has 0 saturated carbocycles. The van der Waals surface area contributed by atoms with Gasteiger partial charge in [-0.25, -0.2) is 16.8 Å². The topological polar surface area (TPSA) is 71.5 Å². The average molecular weight is 440 g/mol. The van der Waals surface area contributed by atoms with Gasteiger partial charge in [0.15, 0.2) is 9.84 Å². The molecule has 146 valence electrons. The van der Waals surface area contributed by atoms with E-state index in [1.807, 2.05) is 0 Å². The van der Waals surface area contributed by atoms with E-state index >= 15 is 0 Å². The molecule has 1 saturated heterocycles. The van der Waals surface area contributed by atoms with Crippen LogP contribution in [0.2, 0.25) is 5.02 Å². The van der Waals surface area contributed by atoms with E-state index in [-0.39, 0.29) is 22.9 Å². The van der Waals surface area contributed by atoms with Gasteiger partial charge >= 0.3 is 6.18 Å². The van der Waals surface area contributed by atoms with E-state index in [1.165, 1.54) is 24.3 Å². The van der Waals surface area contributed by atoms with Crippen LogP contribution in [0.25, 0.3) is 0 Å². The molecular weight excluding hydrogens is 427 g/mol. The maximum absolute atomic E-state index is 12.6. The first kappa shape index (κ1) is 20.1. The largest absolute Gasteiger partial charge is 0.416 e. The van der Waals surface area contributed by atoms with E-state index in [1.54, 1.807) is 0 Å². The lowest BCUT2D eigenvalue weighted by Crippen LogP contribution is -2.56. The highest BCUT2D eigenvalue weighted by atomic mass is 35.5. The van der Waals surface area contributed by atoms with Crippen LogP contribution in [-0.4, -0.2) is 39.5 Å². The highest BCUT2D eigenvalue weighted by Crippen LogP contribution is 2.32. The fraction of sp³-hybridized carbons (Fsp3) is 0.250. The normalized spacial score (nSPS) is 16.9. The first-order valence-corrected chi connectivity index (χ1v) is 11.0. The van der Waals surface area contributed by atoms with Crippen molar-refractivity contribution in [2.75, 3.05) is 13.1 Å². The summed E-state index contributed by atoms with van der Waals surface area (Å²) in [5, 5.41) is -0.558. The molecule has 5 nitrogen and oxygen atoms in total. The lowest BCUT2D eigenvalue weighted by atomic mass is 10.2. The van der Waals surface area contributed by atoms with Crippen molar-refractivity contribution in [3.05, 3.63) is 59.1 Å². The smallest absolute Gasteiger partial charge is 0.223 e. The van der Waals surface area contributed by atoms with E-state index < -0.39 is 36.9 Å². The molecule has 1 aliphatic rings. The molecule has 1 aliphatic heterocycles. The summed E-state index contributed by atoms with van der Waals surface area (Å²) in [7, 11) is -7.80. The second-order valence-electron chi connectivity index (χ2n) is 5.97. The predicted octanol–water partition coefficient (Wildman–Crippen LogP) is 3.21. The van der Waals surface area contributed by atoms with Gasteiger partial charge in [0.1, 0.15) is 0 Å². The molecule has 2 aromatic rings. The molecule has 0 spiro atoms. The first-order chi connectivity index (χ1) is 12.4. The summed E-state index contributed by atoms with van der Waals surface area (Å²) in [5.74, 6) is 0.